The quantitative estimate of drug-likeness (QED) is 0.487. The summed E-state index contributed by atoms with van der Waals surface area (Å²) >= 11 is 0. The molecule has 8 atom stereocenters. The van der Waals surface area contributed by atoms with Crippen molar-refractivity contribution in [2.75, 3.05) is 6.61 Å². The van der Waals surface area contributed by atoms with Crippen molar-refractivity contribution in [3.8, 4) is 0 Å². The summed E-state index contributed by atoms with van der Waals surface area (Å²) in [7, 11) is 0. The Balaban J connectivity index is 1.23. The molecule has 1 aromatic heterocycles. The molecule has 6 nitrogen and oxygen atoms in total. The zero-order chi connectivity index (χ0) is 24.8. The molecule has 4 aliphatic carbocycles. The zero-order valence-corrected chi connectivity index (χ0v) is 22.5. The number of aromatic nitrogens is 3. The number of carbonyl (C=O) groups excluding carboxylic acids is 1. The van der Waals surface area contributed by atoms with Gasteiger partial charge in [0.1, 0.15) is 12.2 Å². The molecule has 6 heteroatoms. The minimum Gasteiger partial charge on any atom is -0.390 e. The Hall–Kier alpha value is -1.27. The fraction of sp³-hybridized carbons (Fsp3) is 0.897. The first-order valence-electron chi connectivity index (χ1n) is 14.4. The van der Waals surface area contributed by atoms with E-state index in [9.17, 15) is 9.90 Å². The molecule has 1 N–H and O–H groups in total. The number of hydrogen-bond donors (Lipinski definition) is 1. The predicted octanol–water partition coefficient (Wildman–Crippen LogP) is 5.57. The summed E-state index contributed by atoms with van der Waals surface area (Å²) in [5, 5.41) is 19.2. The molecule has 35 heavy (non-hydrogen) atoms. The van der Waals surface area contributed by atoms with Crippen LogP contribution in [0.25, 0.3) is 0 Å². The minimum absolute atomic E-state index is 0.119. The van der Waals surface area contributed by atoms with E-state index >= 15 is 0 Å². The molecule has 0 aliphatic heterocycles. The summed E-state index contributed by atoms with van der Waals surface area (Å²) in [5.74, 6) is 3.30. The van der Waals surface area contributed by atoms with Crippen molar-refractivity contribution in [1.82, 2.24) is 15.0 Å². The SMILES string of the molecule is CCCCOCc1cn(CC(=O)[C@H]2CC[C@H]3[C@@H]4CC[C@@H]5C[C@](C)(O)CC[C@]5(C)[C@H]4CC[C@]23C)nn1. The van der Waals surface area contributed by atoms with Crippen molar-refractivity contribution < 1.29 is 14.6 Å². The van der Waals surface area contributed by atoms with E-state index in [1.807, 2.05) is 13.1 Å². The van der Waals surface area contributed by atoms with Crippen molar-refractivity contribution in [3.05, 3.63) is 11.9 Å². The first-order valence-corrected chi connectivity index (χ1v) is 14.4. The number of ketones is 1. The Bertz CT molecular complexity index is 913. The molecule has 4 fully saturated rings. The lowest BCUT2D eigenvalue weighted by molar-refractivity contribution is -0.151. The number of fused-ring (bicyclic) bond motifs is 5. The van der Waals surface area contributed by atoms with E-state index in [0.29, 0.717) is 36.2 Å². The maximum absolute atomic E-state index is 13.6. The summed E-state index contributed by atoms with van der Waals surface area (Å²) in [6.07, 6.45) is 14.3. The molecule has 0 unspecified atom stereocenters. The van der Waals surface area contributed by atoms with Crippen LogP contribution >= 0.6 is 0 Å². The standard InChI is InChI=1S/C29H47N3O3/c1-5-6-15-35-19-21-17-32(31-30-21)18-26(33)25-10-9-23-22-8-7-20-16-27(2,34)13-14-28(20,3)24(22)11-12-29(23,25)4/h17,20,22-25,34H,5-16,18-19H2,1-4H3/t20-,22+,23+,24+,25-,27-,28+,29+/m1/s1. The molecule has 1 heterocycles. The van der Waals surface area contributed by atoms with Gasteiger partial charge in [-0.3, -0.25) is 4.79 Å². The maximum Gasteiger partial charge on any atom is 0.157 e. The third-order valence-electron chi connectivity index (χ3n) is 11.1. The minimum atomic E-state index is -0.478. The highest BCUT2D eigenvalue weighted by Crippen LogP contribution is 2.68. The summed E-state index contributed by atoms with van der Waals surface area (Å²) in [6, 6.07) is 0. The van der Waals surface area contributed by atoms with Gasteiger partial charge in [0, 0.05) is 12.5 Å². The van der Waals surface area contributed by atoms with Crippen LogP contribution in [0.1, 0.15) is 104 Å². The van der Waals surface area contributed by atoms with Crippen LogP contribution in [0.3, 0.4) is 0 Å². The Kier molecular flexibility index (Phi) is 6.93. The molecule has 0 saturated heterocycles. The van der Waals surface area contributed by atoms with E-state index in [2.05, 4.69) is 31.1 Å². The van der Waals surface area contributed by atoms with Gasteiger partial charge in [-0.2, -0.15) is 0 Å². The molecule has 4 saturated carbocycles. The van der Waals surface area contributed by atoms with Gasteiger partial charge in [0.15, 0.2) is 5.78 Å². The van der Waals surface area contributed by atoms with E-state index in [1.54, 1.807) is 4.68 Å². The van der Waals surface area contributed by atoms with Crippen molar-refractivity contribution in [1.29, 1.82) is 0 Å². The highest BCUT2D eigenvalue weighted by Gasteiger charge is 2.61. The Morgan fingerprint density at radius 2 is 1.89 bits per heavy atom. The third kappa shape index (κ3) is 4.63. The Morgan fingerprint density at radius 1 is 1.09 bits per heavy atom. The van der Waals surface area contributed by atoms with Gasteiger partial charge in [-0.25, -0.2) is 4.68 Å². The second-order valence-corrected chi connectivity index (χ2v) is 13.3. The fourth-order valence-electron chi connectivity index (χ4n) is 9.14. The van der Waals surface area contributed by atoms with Gasteiger partial charge >= 0.3 is 0 Å². The molecule has 5 rings (SSSR count). The maximum atomic E-state index is 13.6. The van der Waals surface area contributed by atoms with Crippen LogP contribution in [0, 0.1) is 40.4 Å². The number of unbranched alkanes of at least 4 members (excludes halogenated alkanes) is 1. The molecule has 4 aliphatic rings. The second-order valence-electron chi connectivity index (χ2n) is 13.3. The summed E-state index contributed by atoms with van der Waals surface area (Å²) in [4.78, 5) is 13.6. The number of ether oxygens (including phenoxy) is 1. The first-order chi connectivity index (χ1) is 16.7. The van der Waals surface area contributed by atoms with Gasteiger partial charge in [0.05, 0.1) is 18.4 Å². The van der Waals surface area contributed by atoms with Crippen LogP contribution in [0.4, 0.5) is 0 Å². The fourth-order valence-corrected chi connectivity index (χ4v) is 9.14. The molecule has 0 amide bonds. The van der Waals surface area contributed by atoms with Crippen LogP contribution in [0.5, 0.6) is 0 Å². The summed E-state index contributed by atoms with van der Waals surface area (Å²) in [5.41, 5.74) is 0.814. The van der Waals surface area contributed by atoms with Gasteiger partial charge in [0.2, 0.25) is 0 Å². The lowest BCUT2D eigenvalue weighted by Crippen LogP contribution is -2.55. The van der Waals surface area contributed by atoms with E-state index in [1.165, 1.54) is 32.1 Å². The molecular formula is C29H47N3O3. The van der Waals surface area contributed by atoms with Crippen LogP contribution in [-0.2, 0) is 22.7 Å². The largest absolute Gasteiger partial charge is 0.390 e. The molecule has 0 aromatic carbocycles. The van der Waals surface area contributed by atoms with Crippen LogP contribution in [0.15, 0.2) is 6.20 Å². The van der Waals surface area contributed by atoms with E-state index < -0.39 is 5.60 Å². The average molecular weight is 486 g/mol. The van der Waals surface area contributed by atoms with Gasteiger partial charge in [-0.05, 0) is 106 Å². The van der Waals surface area contributed by atoms with E-state index in [0.717, 1.165) is 62.7 Å². The monoisotopic (exact) mass is 485 g/mol. The number of Topliss-reactive ketones (excluding diaryl/α,β-unsaturated/α-hetero) is 1. The van der Waals surface area contributed by atoms with Crippen molar-refractivity contribution in [2.45, 2.75) is 117 Å². The lowest BCUT2D eigenvalue weighted by Gasteiger charge is -2.61. The molecule has 1 aromatic rings. The summed E-state index contributed by atoms with van der Waals surface area (Å²) < 4.78 is 7.38. The molecule has 196 valence electrons. The smallest absolute Gasteiger partial charge is 0.157 e. The molecule has 0 spiro atoms. The number of hydrogen-bond acceptors (Lipinski definition) is 5. The van der Waals surface area contributed by atoms with Gasteiger partial charge in [-0.1, -0.05) is 32.4 Å². The highest BCUT2D eigenvalue weighted by atomic mass is 16.5. The van der Waals surface area contributed by atoms with Crippen LogP contribution in [0.2, 0.25) is 0 Å². The predicted molar refractivity (Wildman–Crippen MR) is 135 cm³/mol. The Morgan fingerprint density at radius 3 is 2.69 bits per heavy atom. The van der Waals surface area contributed by atoms with E-state index in [-0.39, 0.29) is 11.3 Å². The van der Waals surface area contributed by atoms with Crippen molar-refractivity contribution >= 4 is 5.78 Å². The van der Waals surface area contributed by atoms with Gasteiger partial charge in [0.25, 0.3) is 0 Å². The summed E-state index contributed by atoms with van der Waals surface area (Å²) in [6.45, 7) is 10.7. The number of carbonyl (C=O) groups is 1. The average Bonchev–Trinajstić information content (AvgIpc) is 3.40. The first kappa shape index (κ1) is 25.4. The van der Waals surface area contributed by atoms with E-state index in [4.69, 9.17) is 4.74 Å². The zero-order valence-electron chi connectivity index (χ0n) is 22.5. The molecule has 0 radical (unpaired) electrons. The van der Waals surface area contributed by atoms with Crippen LogP contribution < -0.4 is 0 Å². The number of rotatable bonds is 8. The van der Waals surface area contributed by atoms with Crippen molar-refractivity contribution in [3.63, 3.8) is 0 Å². The second kappa shape index (κ2) is 9.55. The Labute approximate surface area is 211 Å². The normalized spacial score (nSPS) is 42.8. The van der Waals surface area contributed by atoms with Crippen molar-refractivity contribution in [2.24, 2.45) is 40.4 Å². The number of aliphatic hydroxyl groups is 1. The van der Waals surface area contributed by atoms with Crippen LogP contribution in [-0.4, -0.2) is 38.1 Å². The van der Waals surface area contributed by atoms with Gasteiger partial charge in [-0.15, -0.1) is 5.10 Å². The topological polar surface area (TPSA) is 77.2 Å². The number of nitrogens with zero attached hydrogens (tertiary/aromatic N) is 3. The highest BCUT2D eigenvalue weighted by molar-refractivity contribution is 5.82. The lowest BCUT2D eigenvalue weighted by atomic mass is 9.44. The van der Waals surface area contributed by atoms with Gasteiger partial charge < -0.3 is 9.84 Å². The third-order valence-corrected chi connectivity index (χ3v) is 11.1. The molecule has 0 bridgehead atoms. The molecular weight excluding hydrogens is 438 g/mol.